The van der Waals surface area contributed by atoms with Gasteiger partial charge in [-0.25, -0.2) is 9.97 Å². The lowest BCUT2D eigenvalue weighted by atomic mass is 9.80. The number of hydrogen-bond donors (Lipinski definition) is 1. The molecule has 0 aliphatic heterocycles. The fraction of sp³-hybridized carbons (Fsp3) is 0.733. The Labute approximate surface area is 124 Å². The van der Waals surface area contributed by atoms with Crippen molar-refractivity contribution in [3.63, 3.8) is 0 Å². The van der Waals surface area contributed by atoms with Crippen LogP contribution in [0.15, 0.2) is 4.47 Å². The van der Waals surface area contributed by atoms with Gasteiger partial charge in [0.15, 0.2) is 0 Å². The van der Waals surface area contributed by atoms with E-state index in [2.05, 4.69) is 42.0 Å². The van der Waals surface area contributed by atoms with Crippen LogP contribution in [0.25, 0.3) is 0 Å². The third-order valence-electron chi connectivity index (χ3n) is 4.10. The molecule has 4 heteroatoms. The molecular formula is C15H24BrN3. The molecule has 106 valence electrons. The van der Waals surface area contributed by atoms with E-state index >= 15 is 0 Å². The summed E-state index contributed by atoms with van der Waals surface area (Å²) in [4.78, 5) is 9.46. The van der Waals surface area contributed by atoms with E-state index in [1.807, 2.05) is 0 Å². The zero-order valence-corrected chi connectivity index (χ0v) is 13.8. The number of nitrogens with one attached hydrogen (secondary N) is 1. The Morgan fingerprint density at radius 1 is 1.26 bits per heavy atom. The molecule has 0 bridgehead atoms. The number of rotatable bonds is 4. The molecule has 1 saturated carbocycles. The van der Waals surface area contributed by atoms with E-state index in [9.17, 15) is 0 Å². The highest BCUT2D eigenvalue weighted by atomic mass is 79.9. The average Bonchev–Trinajstić information content (AvgIpc) is 2.44. The molecule has 1 aliphatic carbocycles. The van der Waals surface area contributed by atoms with E-state index < -0.39 is 0 Å². The smallest absolute Gasteiger partial charge is 0.144 e. The number of hydrogen-bond acceptors (Lipinski definition) is 3. The van der Waals surface area contributed by atoms with Gasteiger partial charge >= 0.3 is 0 Å². The molecule has 1 aromatic heterocycles. The minimum absolute atomic E-state index is 0.544. The van der Waals surface area contributed by atoms with Gasteiger partial charge in [0, 0.05) is 12.5 Å². The third-order valence-corrected chi connectivity index (χ3v) is 5.05. The van der Waals surface area contributed by atoms with Gasteiger partial charge in [-0.05, 0) is 48.5 Å². The fourth-order valence-electron chi connectivity index (χ4n) is 2.94. The predicted molar refractivity (Wildman–Crippen MR) is 83.6 cm³/mol. The molecule has 0 aromatic carbocycles. The maximum absolute atomic E-state index is 4.75. The molecule has 2 rings (SSSR count). The third kappa shape index (κ3) is 3.47. The van der Waals surface area contributed by atoms with Crippen molar-refractivity contribution in [2.45, 2.75) is 58.8 Å². The maximum Gasteiger partial charge on any atom is 0.144 e. The number of halogens is 1. The van der Waals surface area contributed by atoms with Crippen LogP contribution >= 0.6 is 15.9 Å². The molecule has 2 unspecified atom stereocenters. The first-order valence-corrected chi connectivity index (χ1v) is 8.22. The van der Waals surface area contributed by atoms with Crippen LogP contribution in [-0.2, 0) is 0 Å². The van der Waals surface area contributed by atoms with E-state index in [1.54, 1.807) is 0 Å². The van der Waals surface area contributed by atoms with Gasteiger partial charge < -0.3 is 5.32 Å². The Hall–Kier alpha value is -0.640. The summed E-state index contributed by atoms with van der Waals surface area (Å²) < 4.78 is 1.00. The van der Waals surface area contributed by atoms with Crippen LogP contribution in [0.2, 0.25) is 0 Å². The summed E-state index contributed by atoms with van der Waals surface area (Å²) >= 11 is 3.58. The molecule has 1 aromatic rings. The van der Waals surface area contributed by atoms with Crippen LogP contribution in [0.3, 0.4) is 0 Å². The normalized spacial score (nSPS) is 23.4. The van der Waals surface area contributed by atoms with Gasteiger partial charge in [-0.2, -0.15) is 0 Å². The molecule has 0 amide bonds. The monoisotopic (exact) mass is 325 g/mol. The Morgan fingerprint density at radius 3 is 2.74 bits per heavy atom. The molecule has 0 radical (unpaired) electrons. The first kappa shape index (κ1) is 14.8. The van der Waals surface area contributed by atoms with E-state index in [0.717, 1.165) is 34.3 Å². The zero-order valence-electron chi connectivity index (χ0n) is 12.2. The van der Waals surface area contributed by atoms with Crippen molar-refractivity contribution in [1.29, 1.82) is 0 Å². The van der Waals surface area contributed by atoms with Gasteiger partial charge in [0.05, 0.1) is 10.2 Å². The largest absolute Gasteiger partial charge is 0.369 e. The van der Waals surface area contributed by atoms with E-state index in [-0.39, 0.29) is 0 Å². The number of aromatic nitrogens is 2. The number of nitrogens with zero attached hydrogens (tertiary/aromatic N) is 2. The Balaban J connectivity index is 2.24. The number of anilines is 1. The lowest BCUT2D eigenvalue weighted by Gasteiger charge is -2.28. The summed E-state index contributed by atoms with van der Waals surface area (Å²) in [5.74, 6) is 3.38. The molecule has 1 aliphatic rings. The Morgan fingerprint density at radius 2 is 2.05 bits per heavy atom. The lowest BCUT2D eigenvalue weighted by Crippen LogP contribution is -2.17. The topological polar surface area (TPSA) is 37.8 Å². The Kier molecular flexibility index (Phi) is 5.20. The highest BCUT2D eigenvalue weighted by Gasteiger charge is 2.25. The second-order valence-corrected chi connectivity index (χ2v) is 6.29. The van der Waals surface area contributed by atoms with Gasteiger partial charge in [0.25, 0.3) is 0 Å². The summed E-state index contributed by atoms with van der Waals surface area (Å²) in [6.45, 7) is 7.33. The van der Waals surface area contributed by atoms with Crippen molar-refractivity contribution in [2.24, 2.45) is 5.92 Å². The average molecular weight is 326 g/mol. The molecule has 1 heterocycles. The quantitative estimate of drug-likeness (QED) is 0.874. The molecule has 3 nitrogen and oxygen atoms in total. The first-order chi connectivity index (χ1) is 9.15. The van der Waals surface area contributed by atoms with Gasteiger partial charge in [-0.1, -0.05) is 26.2 Å². The summed E-state index contributed by atoms with van der Waals surface area (Å²) in [6.07, 6.45) is 6.47. The second-order valence-electron chi connectivity index (χ2n) is 5.50. The van der Waals surface area contributed by atoms with Crippen LogP contribution in [0.5, 0.6) is 0 Å². The summed E-state index contributed by atoms with van der Waals surface area (Å²) in [6, 6.07) is 0. The van der Waals surface area contributed by atoms with Crippen LogP contribution in [-0.4, -0.2) is 16.5 Å². The fourth-order valence-corrected chi connectivity index (χ4v) is 3.26. The van der Waals surface area contributed by atoms with Crippen molar-refractivity contribution < 1.29 is 0 Å². The summed E-state index contributed by atoms with van der Waals surface area (Å²) in [7, 11) is 0. The molecule has 0 spiro atoms. The highest BCUT2D eigenvalue weighted by Crippen LogP contribution is 2.37. The summed E-state index contributed by atoms with van der Waals surface area (Å²) in [5.41, 5.74) is 1.04. The summed E-state index contributed by atoms with van der Waals surface area (Å²) in [5, 5.41) is 3.32. The second kappa shape index (κ2) is 6.69. The van der Waals surface area contributed by atoms with Gasteiger partial charge in [-0.15, -0.1) is 0 Å². The molecule has 2 atom stereocenters. The highest BCUT2D eigenvalue weighted by molar-refractivity contribution is 9.10. The maximum atomic E-state index is 4.75. The van der Waals surface area contributed by atoms with Gasteiger partial charge in [-0.3, -0.25) is 0 Å². The van der Waals surface area contributed by atoms with Crippen molar-refractivity contribution in [3.8, 4) is 0 Å². The van der Waals surface area contributed by atoms with E-state index in [1.165, 1.54) is 32.1 Å². The lowest BCUT2D eigenvalue weighted by molar-refractivity contribution is 0.307. The van der Waals surface area contributed by atoms with Crippen molar-refractivity contribution in [3.05, 3.63) is 16.0 Å². The molecule has 19 heavy (non-hydrogen) atoms. The van der Waals surface area contributed by atoms with Crippen LogP contribution in [0, 0.1) is 12.8 Å². The van der Waals surface area contributed by atoms with Gasteiger partial charge in [0.1, 0.15) is 11.6 Å². The molecule has 1 fully saturated rings. The van der Waals surface area contributed by atoms with Crippen molar-refractivity contribution in [2.75, 3.05) is 11.9 Å². The first-order valence-electron chi connectivity index (χ1n) is 7.43. The van der Waals surface area contributed by atoms with Gasteiger partial charge in [0.2, 0.25) is 0 Å². The van der Waals surface area contributed by atoms with Crippen molar-refractivity contribution >= 4 is 21.7 Å². The zero-order chi connectivity index (χ0) is 13.8. The van der Waals surface area contributed by atoms with E-state index in [4.69, 9.17) is 9.97 Å². The van der Waals surface area contributed by atoms with E-state index in [0.29, 0.717) is 5.92 Å². The molecule has 0 saturated heterocycles. The molecule has 1 N–H and O–H groups in total. The SMILES string of the molecule is CCNc1nc(C2CCCC(CC)C2)nc(C)c1Br. The molecular weight excluding hydrogens is 302 g/mol. The van der Waals surface area contributed by atoms with Crippen LogP contribution < -0.4 is 5.32 Å². The number of aryl methyl sites for hydroxylation is 1. The predicted octanol–water partition coefficient (Wildman–Crippen LogP) is 4.66. The van der Waals surface area contributed by atoms with Crippen molar-refractivity contribution in [1.82, 2.24) is 9.97 Å². The Bertz CT molecular complexity index is 434. The van der Waals surface area contributed by atoms with Crippen LogP contribution in [0.1, 0.15) is 63.4 Å². The minimum atomic E-state index is 0.544. The standard InChI is InChI=1S/C15H24BrN3/c1-4-11-7-6-8-12(9-11)14-18-10(3)13(16)15(19-14)17-5-2/h11-12H,4-9H2,1-3H3,(H,17,18,19). The minimum Gasteiger partial charge on any atom is -0.369 e. The van der Waals surface area contributed by atoms with Crippen LogP contribution in [0.4, 0.5) is 5.82 Å².